The van der Waals surface area contributed by atoms with E-state index in [4.69, 9.17) is 5.73 Å². The molecule has 5 rings (SSSR count). The first-order valence-electron chi connectivity index (χ1n) is 13.7. The summed E-state index contributed by atoms with van der Waals surface area (Å²) in [4.78, 5) is 47.3. The van der Waals surface area contributed by atoms with Gasteiger partial charge in [0, 0.05) is 37.2 Å². The molecule has 0 radical (unpaired) electrons. The standard InChI is InChI=1S/C33H28F3N5O3/c1-18-5-3-7-28-29(18)40-32(33(44)38-2)41(28)17-24(42)14-21(11-19-12-22(34)16-23(35)13-19)30-25(6-4-10-39-30)20-8-9-27(36)26(15-20)31(37)43/h3-10,12-13,15-16,21H,11,14,17H2,1-2H3,(H2,37,43)(H,38,44)/t21-/m1/s1. The van der Waals surface area contributed by atoms with Gasteiger partial charge in [-0.3, -0.25) is 19.4 Å². The average Bonchev–Trinajstić information content (AvgIpc) is 3.35. The van der Waals surface area contributed by atoms with Crippen LogP contribution in [0.25, 0.3) is 22.2 Å². The predicted octanol–water partition coefficient (Wildman–Crippen LogP) is 5.27. The second-order valence-electron chi connectivity index (χ2n) is 10.5. The van der Waals surface area contributed by atoms with Gasteiger partial charge in [0.2, 0.25) is 0 Å². The third-order valence-corrected chi connectivity index (χ3v) is 7.39. The zero-order valence-electron chi connectivity index (χ0n) is 23.9. The van der Waals surface area contributed by atoms with E-state index in [9.17, 15) is 27.6 Å². The number of carbonyl (C=O) groups excluding carboxylic acids is 3. The van der Waals surface area contributed by atoms with Crippen molar-refractivity contribution in [1.29, 1.82) is 0 Å². The summed E-state index contributed by atoms with van der Waals surface area (Å²) in [7, 11) is 1.47. The van der Waals surface area contributed by atoms with Gasteiger partial charge in [0.1, 0.15) is 17.5 Å². The molecule has 0 bridgehead atoms. The van der Waals surface area contributed by atoms with Crippen LogP contribution in [0.2, 0.25) is 0 Å². The van der Waals surface area contributed by atoms with Crippen LogP contribution in [-0.2, 0) is 17.8 Å². The van der Waals surface area contributed by atoms with Gasteiger partial charge in [-0.15, -0.1) is 0 Å². The van der Waals surface area contributed by atoms with E-state index in [1.165, 1.54) is 37.5 Å². The van der Waals surface area contributed by atoms with Crippen molar-refractivity contribution in [2.45, 2.75) is 32.2 Å². The van der Waals surface area contributed by atoms with E-state index < -0.39 is 35.2 Å². The molecular weight excluding hydrogens is 571 g/mol. The van der Waals surface area contributed by atoms with Crippen LogP contribution < -0.4 is 11.1 Å². The number of rotatable bonds is 10. The van der Waals surface area contributed by atoms with E-state index in [1.54, 1.807) is 28.8 Å². The van der Waals surface area contributed by atoms with Gasteiger partial charge >= 0.3 is 0 Å². The number of amides is 2. The summed E-state index contributed by atoms with van der Waals surface area (Å²) in [6.45, 7) is 1.65. The van der Waals surface area contributed by atoms with Crippen LogP contribution in [0.1, 0.15) is 50.1 Å². The molecule has 0 unspecified atom stereocenters. The Balaban J connectivity index is 1.57. The molecule has 0 aliphatic rings. The van der Waals surface area contributed by atoms with Crippen LogP contribution in [0.15, 0.2) is 72.9 Å². The topological polar surface area (TPSA) is 120 Å². The van der Waals surface area contributed by atoms with E-state index in [2.05, 4.69) is 15.3 Å². The molecule has 0 fully saturated rings. The molecule has 224 valence electrons. The predicted molar refractivity (Wildman–Crippen MR) is 158 cm³/mol. The molecule has 1 atom stereocenters. The van der Waals surface area contributed by atoms with Crippen molar-refractivity contribution in [2.24, 2.45) is 5.73 Å². The Morgan fingerprint density at radius 2 is 1.73 bits per heavy atom. The molecule has 0 saturated heterocycles. The van der Waals surface area contributed by atoms with Crippen LogP contribution in [0.4, 0.5) is 13.2 Å². The number of para-hydroxylation sites is 1. The molecule has 0 aliphatic heterocycles. The summed E-state index contributed by atoms with van der Waals surface area (Å²) in [5, 5.41) is 2.55. The normalized spacial score (nSPS) is 11.8. The minimum Gasteiger partial charge on any atom is -0.366 e. The minimum absolute atomic E-state index is 0.0282. The Hall–Kier alpha value is -5.32. The van der Waals surface area contributed by atoms with Gasteiger partial charge in [-0.1, -0.05) is 24.3 Å². The lowest BCUT2D eigenvalue weighted by Gasteiger charge is -2.20. The molecule has 2 heterocycles. The lowest BCUT2D eigenvalue weighted by molar-refractivity contribution is -0.120. The average molecular weight is 600 g/mol. The number of ketones is 1. The van der Waals surface area contributed by atoms with Crippen molar-refractivity contribution < 1.29 is 27.6 Å². The number of Topliss-reactive ketones (excluding diaryl/α,β-unsaturated/α-hetero) is 1. The highest BCUT2D eigenvalue weighted by molar-refractivity contribution is 5.96. The van der Waals surface area contributed by atoms with Crippen molar-refractivity contribution in [3.8, 4) is 11.1 Å². The van der Waals surface area contributed by atoms with Crippen molar-refractivity contribution in [3.63, 3.8) is 0 Å². The number of hydrogen-bond donors (Lipinski definition) is 2. The van der Waals surface area contributed by atoms with Crippen LogP contribution in [0.3, 0.4) is 0 Å². The number of halogens is 3. The first kappa shape index (κ1) is 30.1. The van der Waals surface area contributed by atoms with Crippen molar-refractivity contribution in [2.75, 3.05) is 7.05 Å². The van der Waals surface area contributed by atoms with E-state index in [-0.39, 0.29) is 36.6 Å². The maximum absolute atomic E-state index is 14.3. The highest BCUT2D eigenvalue weighted by Gasteiger charge is 2.25. The molecule has 0 saturated carbocycles. The molecule has 0 spiro atoms. The molecule has 0 aliphatic carbocycles. The maximum Gasteiger partial charge on any atom is 0.287 e. The van der Waals surface area contributed by atoms with Gasteiger partial charge in [0.05, 0.1) is 28.8 Å². The lowest BCUT2D eigenvalue weighted by Crippen LogP contribution is -2.25. The molecule has 3 aromatic carbocycles. The second-order valence-corrected chi connectivity index (χ2v) is 10.5. The third kappa shape index (κ3) is 6.22. The second kappa shape index (κ2) is 12.5. The van der Waals surface area contributed by atoms with Crippen molar-refractivity contribution in [3.05, 3.63) is 119 Å². The summed E-state index contributed by atoms with van der Waals surface area (Å²) in [6, 6.07) is 15.7. The SMILES string of the molecule is CNC(=O)c1nc2c(C)cccc2n1CC(=O)C[C@@H](Cc1cc(F)cc(F)c1)c1ncccc1-c1ccc(F)c(C(N)=O)c1. The Bertz CT molecular complexity index is 1900. The number of benzene rings is 3. The zero-order valence-corrected chi connectivity index (χ0v) is 23.9. The molecule has 11 heteroatoms. The monoisotopic (exact) mass is 599 g/mol. The van der Waals surface area contributed by atoms with Crippen molar-refractivity contribution in [1.82, 2.24) is 19.9 Å². The maximum atomic E-state index is 14.3. The van der Waals surface area contributed by atoms with Crippen LogP contribution in [-0.4, -0.2) is 39.2 Å². The zero-order chi connectivity index (χ0) is 31.5. The Labute approximate surface area is 250 Å². The fraction of sp³-hybridized carbons (Fsp3) is 0.182. The fourth-order valence-electron chi connectivity index (χ4n) is 5.40. The largest absolute Gasteiger partial charge is 0.366 e. The Morgan fingerprint density at radius 1 is 0.977 bits per heavy atom. The smallest absolute Gasteiger partial charge is 0.287 e. The quantitative estimate of drug-likeness (QED) is 0.227. The van der Waals surface area contributed by atoms with Gasteiger partial charge in [-0.2, -0.15) is 0 Å². The summed E-state index contributed by atoms with van der Waals surface area (Å²) >= 11 is 0. The first-order valence-corrected chi connectivity index (χ1v) is 13.7. The number of imidazole rings is 1. The summed E-state index contributed by atoms with van der Waals surface area (Å²) < 4.78 is 44.2. The number of nitrogens with zero attached hydrogens (tertiary/aromatic N) is 3. The number of fused-ring (bicyclic) bond motifs is 1. The van der Waals surface area contributed by atoms with Crippen LogP contribution in [0.5, 0.6) is 0 Å². The molecule has 8 nitrogen and oxygen atoms in total. The summed E-state index contributed by atoms with van der Waals surface area (Å²) in [5.41, 5.74) is 8.66. The molecule has 3 N–H and O–H groups in total. The number of nitrogens with one attached hydrogen (secondary N) is 1. The number of aromatic nitrogens is 3. The van der Waals surface area contributed by atoms with Gasteiger partial charge in [-0.25, -0.2) is 18.2 Å². The van der Waals surface area contributed by atoms with E-state index in [0.717, 1.165) is 17.7 Å². The molecule has 44 heavy (non-hydrogen) atoms. The molecule has 2 amide bonds. The fourth-order valence-corrected chi connectivity index (χ4v) is 5.40. The Morgan fingerprint density at radius 3 is 2.43 bits per heavy atom. The molecule has 5 aromatic rings. The van der Waals surface area contributed by atoms with E-state index >= 15 is 0 Å². The highest BCUT2D eigenvalue weighted by Crippen LogP contribution is 2.34. The molecular formula is C33H28F3N5O3. The highest BCUT2D eigenvalue weighted by atomic mass is 19.1. The number of carbonyl (C=O) groups is 3. The van der Waals surface area contributed by atoms with Gasteiger partial charge in [0.25, 0.3) is 11.8 Å². The van der Waals surface area contributed by atoms with E-state index in [1.807, 2.05) is 13.0 Å². The minimum atomic E-state index is -0.952. The van der Waals surface area contributed by atoms with Crippen LogP contribution in [0, 0.1) is 24.4 Å². The number of pyridine rings is 1. The van der Waals surface area contributed by atoms with Crippen LogP contribution >= 0.6 is 0 Å². The Kier molecular flexibility index (Phi) is 8.57. The number of primary amides is 1. The molecule has 2 aromatic heterocycles. The number of nitrogens with two attached hydrogens (primary N) is 1. The first-order chi connectivity index (χ1) is 21.0. The number of aryl methyl sites for hydroxylation is 1. The van der Waals surface area contributed by atoms with Gasteiger partial charge in [-0.05, 0) is 66.4 Å². The van der Waals surface area contributed by atoms with E-state index in [0.29, 0.717) is 33.4 Å². The number of hydrogen-bond acceptors (Lipinski definition) is 5. The summed E-state index contributed by atoms with van der Waals surface area (Å²) in [5.74, 6) is -4.69. The van der Waals surface area contributed by atoms with Gasteiger partial charge in [0.15, 0.2) is 11.6 Å². The lowest BCUT2D eigenvalue weighted by atomic mass is 9.86. The van der Waals surface area contributed by atoms with Gasteiger partial charge < -0.3 is 15.6 Å². The summed E-state index contributed by atoms with van der Waals surface area (Å²) in [6.07, 6.45) is 1.40. The third-order valence-electron chi connectivity index (χ3n) is 7.39. The van der Waals surface area contributed by atoms with Crippen molar-refractivity contribution >= 4 is 28.6 Å².